The van der Waals surface area contributed by atoms with E-state index in [4.69, 9.17) is 32.7 Å². The number of amides is 5. The molecule has 0 aliphatic carbocycles. The molecular formula is C26H18BrCl2N3O6. The molecule has 0 unspecified atom stereocenters. The Hall–Kier alpha value is -3.86. The third-order valence-corrected chi connectivity index (χ3v) is 6.38. The summed E-state index contributed by atoms with van der Waals surface area (Å²) in [5.41, 5.74) is 0.749. The highest BCUT2D eigenvalue weighted by molar-refractivity contribution is 9.10. The molecule has 2 N–H and O–H groups in total. The second kappa shape index (κ2) is 11.7. The number of hydrogen-bond donors (Lipinski definition) is 2. The summed E-state index contributed by atoms with van der Waals surface area (Å²) in [5, 5.41) is 5.51. The van der Waals surface area contributed by atoms with Crippen LogP contribution in [0.25, 0.3) is 6.08 Å². The van der Waals surface area contributed by atoms with Gasteiger partial charge in [0.05, 0.1) is 28.0 Å². The van der Waals surface area contributed by atoms with Crippen molar-refractivity contribution >= 4 is 80.3 Å². The predicted molar refractivity (Wildman–Crippen MR) is 147 cm³/mol. The number of methoxy groups -OCH3 is 1. The largest absolute Gasteiger partial charge is 0.493 e. The van der Waals surface area contributed by atoms with Crippen LogP contribution in [0.3, 0.4) is 0 Å². The number of rotatable bonds is 7. The quantitative estimate of drug-likeness (QED) is 0.269. The topological polar surface area (TPSA) is 114 Å². The van der Waals surface area contributed by atoms with Gasteiger partial charge in [0.2, 0.25) is 0 Å². The van der Waals surface area contributed by atoms with Crippen molar-refractivity contribution in [2.45, 2.75) is 0 Å². The molecule has 3 aromatic carbocycles. The van der Waals surface area contributed by atoms with Crippen molar-refractivity contribution in [2.24, 2.45) is 0 Å². The zero-order chi connectivity index (χ0) is 27.4. The van der Waals surface area contributed by atoms with Crippen LogP contribution < -0.4 is 25.0 Å². The zero-order valence-corrected chi connectivity index (χ0v) is 22.7. The molecule has 1 aliphatic rings. The normalized spacial score (nSPS) is 14.4. The van der Waals surface area contributed by atoms with Crippen molar-refractivity contribution in [3.8, 4) is 11.5 Å². The first-order valence-corrected chi connectivity index (χ1v) is 12.4. The number of carbonyl (C=O) groups excluding carboxylic acids is 4. The third kappa shape index (κ3) is 5.99. The number of benzene rings is 3. The molecule has 1 heterocycles. The summed E-state index contributed by atoms with van der Waals surface area (Å²) >= 11 is 15.4. The van der Waals surface area contributed by atoms with E-state index in [-0.39, 0.29) is 29.4 Å². The molecule has 0 atom stereocenters. The fourth-order valence-corrected chi connectivity index (χ4v) is 4.47. The molecule has 0 radical (unpaired) electrons. The van der Waals surface area contributed by atoms with E-state index in [2.05, 4.69) is 26.6 Å². The monoisotopic (exact) mass is 617 g/mol. The Morgan fingerprint density at radius 1 is 1.08 bits per heavy atom. The Bertz CT molecular complexity index is 1490. The Balaban J connectivity index is 1.57. The van der Waals surface area contributed by atoms with Gasteiger partial charge < -0.3 is 14.8 Å². The number of halogens is 3. The summed E-state index contributed by atoms with van der Waals surface area (Å²) < 4.78 is 11.4. The van der Waals surface area contributed by atoms with Crippen molar-refractivity contribution < 1.29 is 28.7 Å². The molecule has 4 rings (SSSR count). The number of barbiturate groups is 1. The van der Waals surface area contributed by atoms with Gasteiger partial charge >= 0.3 is 6.03 Å². The first-order chi connectivity index (χ1) is 18.2. The van der Waals surface area contributed by atoms with Gasteiger partial charge in [-0.3, -0.25) is 19.7 Å². The minimum absolute atomic E-state index is 0.205. The molecule has 0 aromatic heterocycles. The molecule has 38 heavy (non-hydrogen) atoms. The van der Waals surface area contributed by atoms with E-state index in [9.17, 15) is 19.2 Å². The smallest absolute Gasteiger partial charge is 0.335 e. The van der Waals surface area contributed by atoms with Gasteiger partial charge in [-0.25, -0.2) is 9.69 Å². The Kier molecular flexibility index (Phi) is 8.35. The summed E-state index contributed by atoms with van der Waals surface area (Å²) in [4.78, 5) is 51.2. The van der Waals surface area contributed by atoms with Crippen LogP contribution in [0.1, 0.15) is 5.56 Å². The molecule has 0 spiro atoms. The third-order valence-electron chi connectivity index (χ3n) is 5.23. The number of nitrogens with zero attached hydrogens (tertiary/aromatic N) is 1. The van der Waals surface area contributed by atoms with E-state index >= 15 is 0 Å². The molecule has 9 nitrogen and oxygen atoms in total. The number of carbonyl (C=O) groups is 4. The van der Waals surface area contributed by atoms with Crippen LogP contribution in [-0.2, 0) is 14.4 Å². The number of hydrogen-bond acceptors (Lipinski definition) is 6. The lowest BCUT2D eigenvalue weighted by molar-refractivity contribution is -0.122. The van der Waals surface area contributed by atoms with Crippen LogP contribution >= 0.6 is 39.1 Å². The van der Waals surface area contributed by atoms with Crippen LogP contribution in [0.5, 0.6) is 11.5 Å². The summed E-state index contributed by atoms with van der Waals surface area (Å²) in [6.45, 7) is -0.349. The second-order valence-corrected chi connectivity index (χ2v) is 9.49. The van der Waals surface area contributed by atoms with Gasteiger partial charge in [0.25, 0.3) is 17.7 Å². The maximum Gasteiger partial charge on any atom is 0.335 e. The number of ether oxygens (including phenoxy) is 2. The molecule has 1 aliphatic heterocycles. The summed E-state index contributed by atoms with van der Waals surface area (Å²) in [6.07, 6.45) is 1.31. The maximum atomic E-state index is 13.1. The minimum atomic E-state index is -0.892. The molecule has 194 valence electrons. The summed E-state index contributed by atoms with van der Waals surface area (Å²) in [6, 6.07) is 15.1. The standard InChI is InChI=1S/C26H18BrCl2N3O6/c1-37-21-11-14(10-18(27)23(21)38-13-22(33)30-20-8-3-2-7-19(20)29)9-17-24(34)31-26(36)32(25(17)35)16-6-4-5-15(28)12-16/h2-12H,13H2,1H3,(H,30,33)(H,31,34,36)/b17-9+. The van der Waals surface area contributed by atoms with Crippen LogP contribution in [0.15, 0.2) is 70.7 Å². The average molecular weight is 619 g/mol. The Morgan fingerprint density at radius 2 is 1.84 bits per heavy atom. The molecule has 1 saturated heterocycles. The molecule has 0 bridgehead atoms. The zero-order valence-electron chi connectivity index (χ0n) is 19.6. The minimum Gasteiger partial charge on any atom is -0.493 e. The van der Waals surface area contributed by atoms with E-state index in [1.165, 1.54) is 31.4 Å². The van der Waals surface area contributed by atoms with Crippen LogP contribution in [0.2, 0.25) is 10.0 Å². The van der Waals surface area contributed by atoms with Gasteiger partial charge in [-0.05, 0) is 70.0 Å². The predicted octanol–water partition coefficient (Wildman–Crippen LogP) is 5.45. The van der Waals surface area contributed by atoms with Gasteiger partial charge in [-0.1, -0.05) is 41.4 Å². The number of urea groups is 1. The molecule has 12 heteroatoms. The van der Waals surface area contributed by atoms with Gasteiger partial charge in [-0.2, -0.15) is 0 Å². The fraction of sp³-hybridized carbons (Fsp3) is 0.0769. The molecule has 1 fully saturated rings. The molecular weight excluding hydrogens is 601 g/mol. The van der Waals surface area contributed by atoms with Crippen molar-refractivity contribution in [3.63, 3.8) is 0 Å². The van der Waals surface area contributed by atoms with Crippen molar-refractivity contribution in [3.05, 3.63) is 86.3 Å². The number of para-hydroxylation sites is 1. The second-order valence-electron chi connectivity index (χ2n) is 7.79. The first-order valence-electron chi connectivity index (χ1n) is 10.9. The average Bonchev–Trinajstić information content (AvgIpc) is 2.87. The van der Waals surface area contributed by atoms with E-state index in [1.807, 2.05) is 0 Å². The van der Waals surface area contributed by atoms with E-state index < -0.39 is 23.8 Å². The highest BCUT2D eigenvalue weighted by Gasteiger charge is 2.37. The van der Waals surface area contributed by atoms with Crippen LogP contribution in [-0.4, -0.2) is 37.5 Å². The van der Waals surface area contributed by atoms with Gasteiger partial charge in [0, 0.05) is 5.02 Å². The summed E-state index contributed by atoms with van der Waals surface area (Å²) in [7, 11) is 1.40. The fourth-order valence-electron chi connectivity index (χ4n) is 3.52. The Morgan fingerprint density at radius 3 is 2.55 bits per heavy atom. The number of anilines is 2. The maximum absolute atomic E-state index is 13.1. The summed E-state index contributed by atoms with van der Waals surface area (Å²) in [5.74, 6) is -1.69. The lowest BCUT2D eigenvalue weighted by Gasteiger charge is -2.26. The van der Waals surface area contributed by atoms with E-state index in [1.54, 1.807) is 42.5 Å². The highest BCUT2D eigenvalue weighted by Crippen LogP contribution is 2.37. The molecule has 3 aromatic rings. The number of imide groups is 2. The molecule has 0 saturated carbocycles. The van der Waals surface area contributed by atoms with Gasteiger partial charge in [0.15, 0.2) is 18.1 Å². The molecule has 5 amide bonds. The number of nitrogens with one attached hydrogen (secondary N) is 2. The van der Waals surface area contributed by atoms with E-state index in [0.29, 0.717) is 25.8 Å². The van der Waals surface area contributed by atoms with Crippen molar-refractivity contribution in [1.82, 2.24) is 5.32 Å². The Labute approximate surface area is 235 Å². The van der Waals surface area contributed by atoms with Crippen molar-refractivity contribution in [1.29, 1.82) is 0 Å². The first kappa shape index (κ1) is 27.2. The SMILES string of the molecule is COc1cc(/C=C2\C(=O)NC(=O)N(c3cccc(Cl)c3)C2=O)cc(Br)c1OCC(=O)Nc1ccccc1Cl. The highest BCUT2D eigenvalue weighted by atomic mass is 79.9. The van der Waals surface area contributed by atoms with Gasteiger partial charge in [0.1, 0.15) is 5.57 Å². The lowest BCUT2D eigenvalue weighted by Crippen LogP contribution is -2.54. The van der Waals surface area contributed by atoms with E-state index in [0.717, 1.165) is 4.90 Å². The van der Waals surface area contributed by atoms with Crippen LogP contribution in [0.4, 0.5) is 16.2 Å². The van der Waals surface area contributed by atoms with Crippen molar-refractivity contribution in [2.75, 3.05) is 23.9 Å². The lowest BCUT2D eigenvalue weighted by atomic mass is 10.1. The van der Waals surface area contributed by atoms with Crippen LogP contribution in [0, 0.1) is 0 Å². The van der Waals surface area contributed by atoms with Gasteiger partial charge in [-0.15, -0.1) is 0 Å².